The van der Waals surface area contributed by atoms with Crippen LogP contribution in [0.15, 0.2) is 211 Å². The Balaban J connectivity index is 1.12. The Morgan fingerprint density at radius 2 is 1.29 bits per heavy atom. The first-order chi connectivity index (χ1) is 27.7. The van der Waals surface area contributed by atoms with Crippen LogP contribution in [0.2, 0.25) is 0 Å². The van der Waals surface area contributed by atoms with E-state index in [4.69, 9.17) is 4.99 Å². The van der Waals surface area contributed by atoms with Crippen LogP contribution in [0.1, 0.15) is 17.5 Å². The van der Waals surface area contributed by atoms with Crippen LogP contribution in [-0.2, 0) is 0 Å². The van der Waals surface area contributed by atoms with Gasteiger partial charge in [-0.3, -0.25) is 4.99 Å². The van der Waals surface area contributed by atoms with Crippen LogP contribution >= 0.6 is 0 Å². The minimum absolute atomic E-state index is 0.380. The van der Waals surface area contributed by atoms with Gasteiger partial charge in [0, 0.05) is 24.9 Å². The fourth-order valence-electron chi connectivity index (χ4n) is 8.60. The van der Waals surface area contributed by atoms with E-state index in [1.54, 1.807) is 0 Å². The molecule has 2 heteroatoms. The Hall–Kier alpha value is -7.03. The molecule has 2 aliphatic carbocycles. The Morgan fingerprint density at radius 3 is 2.18 bits per heavy atom. The Labute approximate surface area is 328 Å². The van der Waals surface area contributed by atoms with Gasteiger partial charge < -0.3 is 4.90 Å². The Bertz CT molecular complexity index is 2960. The van der Waals surface area contributed by atoms with Gasteiger partial charge in [0.1, 0.15) is 0 Å². The highest BCUT2D eigenvalue weighted by atomic mass is 15.1. The number of para-hydroxylation sites is 3. The van der Waals surface area contributed by atoms with E-state index in [1.807, 2.05) is 18.3 Å². The van der Waals surface area contributed by atoms with Crippen LogP contribution in [-0.4, -0.2) is 13.3 Å². The summed E-state index contributed by atoms with van der Waals surface area (Å²) in [7, 11) is 2.09. The van der Waals surface area contributed by atoms with Gasteiger partial charge in [0.05, 0.1) is 11.4 Å². The summed E-state index contributed by atoms with van der Waals surface area (Å²) in [6, 6.07) is 59.1. The molecule has 1 unspecified atom stereocenters. The van der Waals surface area contributed by atoms with Crippen LogP contribution in [0.25, 0.3) is 60.1 Å². The van der Waals surface area contributed by atoms with Crippen LogP contribution in [0, 0.1) is 5.92 Å². The average molecular weight is 717 g/mol. The third-order valence-electron chi connectivity index (χ3n) is 11.4. The second-order valence-electron chi connectivity index (χ2n) is 14.8. The SMILES string of the molecule is CN(c1ccccc1)c1ccccc1N=Cc1cccc(-c2ccc3c(-c4ccc5ccccc5c4)c4ccccc4c(C4=CC=C5C=CC=CC5C4)c3c2)c1. The predicted molar refractivity (Wildman–Crippen MR) is 240 cm³/mol. The quantitative estimate of drug-likeness (QED) is 0.118. The number of anilines is 2. The normalized spacial score (nSPS) is 15.0. The molecule has 2 aliphatic rings. The van der Waals surface area contributed by atoms with Gasteiger partial charge in [-0.15, -0.1) is 0 Å². The summed E-state index contributed by atoms with van der Waals surface area (Å²) in [4.78, 5) is 7.21. The summed E-state index contributed by atoms with van der Waals surface area (Å²) in [5.41, 5.74) is 13.1. The molecule has 8 aromatic carbocycles. The van der Waals surface area contributed by atoms with Crippen molar-refractivity contribution < 1.29 is 0 Å². The highest BCUT2D eigenvalue weighted by Gasteiger charge is 2.23. The van der Waals surface area contributed by atoms with Crippen molar-refractivity contribution in [3.8, 4) is 22.3 Å². The van der Waals surface area contributed by atoms with Crippen molar-refractivity contribution in [3.63, 3.8) is 0 Å². The molecule has 8 aromatic rings. The summed E-state index contributed by atoms with van der Waals surface area (Å²) >= 11 is 0. The smallest absolute Gasteiger partial charge is 0.0866 e. The minimum Gasteiger partial charge on any atom is -0.343 e. The number of allylic oxidation sites excluding steroid dienone is 8. The summed E-state index contributed by atoms with van der Waals surface area (Å²) < 4.78 is 0. The Kier molecular flexibility index (Phi) is 8.57. The van der Waals surface area contributed by atoms with E-state index < -0.39 is 0 Å². The van der Waals surface area contributed by atoms with Gasteiger partial charge >= 0.3 is 0 Å². The lowest BCUT2D eigenvalue weighted by atomic mass is 9.78. The van der Waals surface area contributed by atoms with Crippen molar-refractivity contribution in [2.45, 2.75) is 6.42 Å². The van der Waals surface area contributed by atoms with Crippen LogP contribution < -0.4 is 4.90 Å². The van der Waals surface area contributed by atoms with Crippen molar-refractivity contribution >= 4 is 61.2 Å². The fraction of sp³-hybridized carbons (Fsp3) is 0.0556. The lowest BCUT2D eigenvalue weighted by molar-refractivity contribution is 0.794. The third-order valence-corrected chi connectivity index (χ3v) is 11.4. The van der Waals surface area contributed by atoms with E-state index in [0.717, 1.165) is 34.6 Å². The molecule has 2 nitrogen and oxygen atoms in total. The number of fused-ring (bicyclic) bond motifs is 4. The van der Waals surface area contributed by atoms with Crippen molar-refractivity contribution in [1.82, 2.24) is 0 Å². The number of benzene rings is 8. The van der Waals surface area contributed by atoms with Crippen LogP contribution in [0.5, 0.6) is 0 Å². The van der Waals surface area contributed by atoms with E-state index in [1.165, 1.54) is 65.7 Å². The lowest BCUT2D eigenvalue weighted by Gasteiger charge is -2.26. The summed E-state index contributed by atoms with van der Waals surface area (Å²) in [6.45, 7) is 0. The minimum atomic E-state index is 0.380. The van der Waals surface area contributed by atoms with Crippen LogP contribution in [0.4, 0.5) is 17.1 Å². The number of rotatable bonds is 7. The number of hydrogen-bond acceptors (Lipinski definition) is 2. The molecule has 0 aliphatic heterocycles. The third kappa shape index (κ3) is 6.16. The van der Waals surface area contributed by atoms with Crippen LogP contribution in [0.3, 0.4) is 0 Å². The first kappa shape index (κ1) is 33.5. The van der Waals surface area contributed by atoms with Gasteiger partial charge in [0.15, 0.2) is 0 Å². The highest BCUT2D eigenvalue weighted by molar-refractivity contribution is 6.20. The molecule has 0 radical (unpaired) electrons. The molecule has 0 amide bonds. The molecule has 0 bridgehead atoms. The molecule has 1 atom stereocenters. The predicted octanol–water partition coefficient (Wildman–Crippen LogP) is 14.5. The second kappa shape index (κ2) is 14.3. The molecule has 0 heterocycles. The van der Waals surface area contributed by atoms with Gasteiger partial charge in [-0.1, -0.05) is 158 Å². The first-order valence-corrected chi connectivity index (χ1v) is 19.4. The van der Waals surface area contributed by atoms with Crippen molar-refractivity contribution in [3.05, 3.63) is 217 Å². The monoisotopic (exact) mass is 716 g/mol. The van der Waals surface area contributed by atoms with E-state index >= 15 is 0 Å². The van der Waals surface area contributed by atoms with Gasteiger partial charge in [-0.2, -0.15) is 0 Å². The van der Waals surface area contributed by atoms with Gasteiger partial charge in [0.2, 0.25) is 0 Å². The zero-order valence-corrected chi connectivity index (χ0v) is 31.3. The molecule has 0 aromatic heterocycles. The summed E-state index contributed by atoms with van der Waals surface area (Å²) in [6.07, 6.45) is 16.6. The number of nitrogens with zero attached hydrogens (tertiary/aromatic N) is 2. The van der Waals surface area contributed by atoms with Gasteiger partial charge in [-0.05, 0) is 126 Å². The largest absolute Gasteiger partial charge is 0.343 e. The maximum atomic E-state index is 5.03. The fourth-order valence-corrected chi connectivity index (χ4v) is 8.60. The average Bonchev–Trinajstić information content (AvgIpc) is 3.27. The molecule has 0 saturated heterocycles. The molecule has 266 valence electrons. The number of aliphatic imine (C=N–C) groups is 1. The molecular weight excluding hydrogens is 677 g/mol. The Morgan fingerprint density at radius 1 is 0.554 bits per heavy atom. The molecule has 0 N–H and O–H groups in total. The maximum absolute atomic E-state index is 5.03. The first-order valence-electron chi connectivity index (χ1n) is 19.4. The molecule has 0 fully saturated rings. The second-order valence-corrected chi connectivity index (χ2v) is 14.8. The highest BCUT2D eigenvalue weighted by Crippen LogP contribution is 2.46. The molecule has 56 heavy (non-hydrogen) atoms. The van der Waals surface area contributed by atoms with Crippen molar-refractivity contribution in [2.24, 2.45) is 10.9 Å². The van der Waals surface area contributed by atoms with E-state index in [-0.39, 0.29) is 0 Å². The zero-order chi connectivity index (χ0) is 37.4. The van der Waals surface area contributed by atoms with E-state index in [2.05, 4.69) is 200 Å². The standard InChI is InChI=1S/C54H40N2/c1-56(46-20-3-2-4-21-46)52-25-12-11-24-51(52)55-36-37-14-13-19-40(32-37)43-30-31-49-50(35-43)54(45-29-27-39-16-6-8-18-42(39)34-45)48-23-10-9-22-47(48)53(49)44-28-26-38-15-5-7-17-41(38)33-44/h2-33,35-36,42H,34H2,1H3. The maximum Gasteiger partial charge on any atom is 0.0866 e. The molecule has 0 saturated carbocycles. The molecule has 10 rings (SSSR count). The number of hydrogen-bond donors (Lipinski definition) is 0. The van der Waals surface area contributed by atoms with E-state index in [0.29, 0.717) is 5.92 Å². The zero-order valence-electron chi connectivity index (χ0n) is 31.3. The molecule has 0 spiro atoms. The van der Waals surface area contributed by atoms with Gasteiger partial charge in [0.25, 0.3) is 0 Å². The van der Waals surface area contributed by atoms with E-state index in [9.17, 15) is 0 Å². The van der Waals surface area contributed by atoms with Crippen molar-refractivity contribution in [1.29, 1.82) is 0 Å². The van der Waals surface area contributed by atoms with Crippen molar-refractivity contribution in [2.75, 3.05) is 11.9 Å². The summed E-state index contributed by atoms with van der Waals surface area (Å²) in [5, 5.41) is 7.62. The van der Waals surface area contributed by atoms with Gasteiger partial charge in [-0.25, -0.2) is 0 Å². The topological polar surface area (TPSA) is 15.6 Å². The molecular formula is C54H40N2. The lowest BCUT2D eigenvalue weighted by Crippen LogP contribution is -2.09. The summed E-state index contributed by atoms with van der Waals surface area (Å²) in [5.74, 6) is 0.380.